The van der Waals surface area contributed by atoms with Gasteiger partial charge in [0, 0.05) is 30.2 Å². The van der Waals surface area contributed by atoms with E-state index in [1.165, 1.54) is 0 Å². The molecule has 0 bridgehead atoms. The van der Waals surface area contributed by atoms with Crippen LogP contribution in [0.25, 0.3) is 11.4 Å². The molecular formula is C13H18N6O. The highest BCUT2D eigenvalue weighted by Crippen LogP contribution is 2.33. The number of anilines is 2. The number of nitrogen functional groups attached to an aromatic ring is 2. The molecule has 7 nitrogen and oxygen atoms in total. The van der Waals surface area contributed by atoms with E-state index in [2.05, 4.69) is 22.4 Å². The molecule has 1 saturated heterocycles. The molecule has 0 aliphatic carbocycles. The van der Waals surface area contributed by atoms with Crippen molar-refractivity contribution in [2.45, 2.75) is 25.3 Å². The summed E-state index contributed by atoms with van der Waals surface area (Å²) in [5.41, 5.74) is 13.6. The van der Waals surface area contributed by atoms with Gasteiger partial charge in [-0.1, -0.05) is 0 Å². The fraction of sp³-hybridized carbons (Fsp3) is 0.462. The molecule has 0 radical (unpaired) electrons. The van der Waals surface area contributed by atoms with Crippen LogP contribution in [0, 0.1) is 0 Å². The third-order valence-corrected chi connectivity index (χ3v) is 3.87. The Hall–Kier alpha value is -2.15. The van der Waals surface area contributed by atoms with Crippen molar-refractivity contribution >= 4 is 11.4 Å². The number of nitrogens with zero attached hydrogens (tertiary/aromatic N) is 4. The zero-order valence-electron chi connectivity index (χ0n) is 11.4. The van der Waals surface area contributed by atoms with E-state index in [-0.39, 0.29) is 5.54 Å². The van der Waals surface area contributed by atoms with Crippen LogP contribution in [0.5, 0.6) is 0 Å². The Kier molecular flexibility index (Phi) is 3.06. The van der Waals surface area contributed by atoms with Crippen molar-refractivity contribution < 1.29 is 4.74 Å². The normalized spacial score (nSPS) is 18.1. The average Bonchev–Trinajstić information content (AvgIpc) is 2.89. The van der Waals surface area contributed by atoms with Gasteiger partial charge in [-0.3, -0.25) is 0 Å². The van der Waals surface area contributed by atoms with E-state index >= 15 is 0 Å². The molecule has 1 aliphatic rings. The number of hydrogen-bond acceptors (Lipinski definition) is 6. The molecule has 2 heterocycles. The smallest absolute Gasteiger partial charge is 0.184 e. The van der Waals surface area contributed by atoms with E-state index in [4.69, 9.17) is 16.2 Å². The van der Waals surface area contributed by atoms with Gasteiger partial charge >= 0.3 is 0 Å². The predicted octanol–water partition coefficient (Wildman–Crippen LogP) is 1.03. The summed E-state index contributed by atoms with van der Waals surface area (Å²) < 4.78 is 7.28. The number of aromatic nitrogens is 4. The van der Waals surface area contributed by atoms with Gasteiger partial charge < -0.3 is 16.2 Å². The molecule has 0 saturated carbocycles. The average molecular weight is 274 g/mol. The Morgan fingerprint density at radius 1 is 1.25 bits per heavy atom. The maximum Gasteiger partial charge on any atom is 0.184 e. The maximum atomic E-state index is 6.04. The number of hydrogen-bond donors (Lipinski definition) is 2. The van der Waals surface area contributed by atoms with E-state index < -0.39 is 0 Å². The fourth-order valence-electron chi connectivity index (χ4n) is 2.53. The van der Waals surface area contributed by atoms with Crippen molar-refractivity contribution in [3.63, 3.8) is 0 Å². The lowest BCUT2D eigenvalue weighted by Gasteiger charge is -2.33. The topological polar surface area (TPSA) is 105 Å². The second kappa shape index (κ2) is 4.75. The molecule has 0 amide bonds. The molecular weight excluding hydrogens is 256 g/mol. The predicted molar refractivity (Wildman–Crippen MR) is 75.8 cm³/mol. The summed E-state index contributed by atoms with van der Waals surface area (Å²) in [6.45, 7) is 3.57. The minimum absolute atomic E-state index is 0.148. The Bertz CT molecular complexity index is 617. The molecule has 0 spiro atoms. The van der Waals surface area contributed by atoms with Crippen molar-refractivity contribution in [1.82, 2.24) is 20.2 Å². The number of tetrazole rings is 1. The molecule has 0 atom stereocenters. The Labute approximate surface area is 116 Å². The lowest BCUT2D eigenvalue weighted by molar-refractivity contribution is 0.0240. The van der Waals surface area contributed by atoms with Gasteiger partial charge in [0.05, 0.1) is 5.54 Å². The molecule has 1 aromatic carbocycles. The van der Waals surface area contributed by atoms with Gasteiger partial charge in [0.1, 0.15) is 0 Å². The quantitative estimate of drug-likeness (QED) is 0.792. The SMILES string of the molecule is CC1(n2nnnc2-c2ccc(N)cc2N)CCOCC1. The molecule has 0 unspecified atom stereocenters. The highest BCUT2D eigenvalue weighted by atomic mass is 16.5. The third-order valence-electron chi connectivity index (χ3n) is 3.87. The van der Waals surface area contributed by atoms with Crippen molar-refractivity contribution in [2.75, 3.05) is 24.7 Å². The van der Waals surface area contributed by atoms with E-state index in [0.717, 1.165) is 18.4 Å². The third kappa shape index (κ3) is 2.09. The zero-order chi connectivity index (χ0) is 14.2. The highest BCUT2D eigenvalue weighted by molar-refractivity contribution is 5.74. The maximum absolute atomic E-state index is 6.04. The lowest BCUT2D eigenvalue weighted by Crippen LogP contribution is -2.38. The first-order valence-electron chi connectivity index (χ1n) is 6.62. The first-order chi connectivity index (χ1) is 9.60. The summed E-state index contributed by atoms with van der Waals surface area (Å²) in [5, 5.41) is 12.1. The van der Waals surface area contributed by atoms with Gasteiger partial charge in [0.25, 0.3) is 0 Å². The Morgan fingerprint density at radius 2 is 2.00 bits per heavy atom. The van der Waals surface area contributed by atoms with Crippen molar-refractivity contribution in [3.8, 4) is 11.4 Å². The zero-order valence-corrected chi connectivity index (χ0v) is 11.4. The monoisotopic (exact) mass is 274 g/mol. The van der Waals surface area contributed by atoms with Gasteiger partial charge in [-0.2, -0.15) is 0 Å². The minimum Gasteiger partial charge on any atom is -0.399 e. The molecule has 1 fully saturated rings. The van der Waals surface area contributed by atoms with Crippen LogP contribution in [0.4, 0.5) is 11.4 Å². The van der Waals surface area contributed by atoms with Crippen molar-refractivity contribution in [3.05, 3.63) is 18.2 Å². The van der Waals surface area contributed by atoms with E-state index in [0.29, 0.717) is 30.4 Å². The summed E-state index contributed by atoms with van der Waals surface area (Å²) in [5.74, 6) is 0.673. The van der Waals surface area contributed by atoms with Crippen LogP contribution in [0.15, 0.2) is 18.2 Å². The molecule has 106 valence electrons. The fourth-order valence-corrected chi connectivity index (χ4v) is 2.53. The number of rotatable bonds is 2. The second-order valence-electron chi connectivity index (χ2n) is 5.37. The molecule has 2 aromatic rings. The van der Waals surface area contributed by atoms with Crippen molar-refractivity contribution in [2.24, 2.45) is 0 Å². The second-order valence-corrected chi connectivity index (χ2v) is 5.37. The summed E-state index contributed by atoms with van der Waals surface area (Å²) in [6.07, 6.45) is 1.75. The van der Waals surface area contributed by atoms with Crippen LogP contribution in [0.3, 0.4) is 0 Å². The van der Waals surface area contributed by atoms with Gasteiger partial charge in [-0.15, -0.1) is 5.10 Å². The summed E-state index contributed by atoms with van der Waals surface area (Å²) >= 11 is 0. The number of nitrogens with two attached hydrogens (primary N) is 2. The van der Waals surface area contributed by atoms with Gasteiger partial charge in [-0.25, -0.2) is 4.68 Å². The molecule has 1 aromatic heterocycles. The highest BCUT2D eigenvalue weighted by Gasteiger charge is 2.33. The van der Waals surface area contributed by atoms with Gasteiger partial charge in [-0.05, 0) is 48.4 Å². The molecule has 7 heteroatoms. The van der Waals surface area contributed by atoms with Crippen LogP contribution in [0.2, 0.25) is 0 Å². The van der Waals surface area contributed by atoms with Crippen LogP contribution in [0.1, 0.15) is 19.8 Å². The van der Waals surface area contributed by atoms with Gasteiger partial charge in [0.15, 0.2) is 5.82 Å². The first-order valence-corrected chi connectivity index (χ1v) is 6.62. The molecule has 4 N–H and O–H groups in total. The number of ether oxygens (including phenoxy) is 1. The molecule has 1 aliphatic heterocycles. The van der Waals surface area contributed by atoms with Crippen molar-refractivity contribution in [1.29, 1.82) is 0 Å². The first kappa shape index (κ1) is 12.9. The van der Waals surface area contributed by atoms with E-state index in [1.807, 2.05) is 10.7 Å². The summed E-state index contributed by atoms with van der Waals surface area (Å²) in [7, 11) is 0. The largest absolute Gasteiger partial charge is 0.399 e. The van der Waals surface area contributed by atoms with E-state index in [1.54, 1.807) is 12.1 Å². The Morgan fingerprint density at radius 3 is 2.70 bits per heavy atom. The summed E-state index contributed by atoms with van der Waals surface area (Å²) in [6, 6.07) is 5.38. The molecule has 20 heavy (non-hydrogen) atoms. The molecule has 3 rings (SSSR count). The van der Waals surface area contributed by atoms with Crippen LogP contribution < -0.4 is 11.5 Å². The lowest BCUT2D eigenvalue weighted by atomic mass is 9.92. The Balaban J connectivity index is 2.05. The minimum atomic E-state index is -0.148. The van der Waals surface area contributed by atoms with Crippen LogP contribution >= 0.6 is 0 Å². The van der Waals surface area contributed by atoms with Gasteiger partial charge in [0.2, 0.25) is 0 Å². The number of benzene rings is 1. The standard InChI is InChI=1S/C13H18N6O/c1-13(4-6-20-7-5-13)19-12(16-17-18-19)10-3-2-9(14)8-11(10)15/h2-3,8H,4-7,14-15H2,1H3. The van der Waals surface area contributed by atoms with Crippen LogP contribution in [-0.4, -0.2) is 33.4 Å². The summed E-state index contributed by atoms with van der Waals surface area (Å²) in [4.78, 5) is 0. The van der Waals surface area contributed by atoms with E-state index in [9.17, 15) is 0 Å². The van der Waals surface area contributed by atoms with Crippen LogP contribution in [-0.2, 0) is 10.3 Å².